The molecule has 2 N–H and O–H groups in total. The lowest BCUT2D eigenvalue weighted by Gasteiger charge is -1.96. The van der Waals surface area contributed by atoms with Crippen molar-refractivity contribution in [1.29, 1.82) is 0 Å². The Labute approximate surface area is 62.6 Å². The van der Waals surface area contributed by atoms with Crippen molar-refractivity contribution < 1.29 is 0 Å². The zero-order valence-corrected chi connectivity index (χ0v) is 6.56. The lowest BCUT2D eigenvalue weighted by atomic mass is 10.1. The Hall–Kier alpha value is -0.720. The molecule has 0 aromatic carbocycles. The summed E-state index contributed by atoms with van der Waals surface area (Å²) in [5.41, 5.74) is 8.29. The summed E-state index contributed by atoms with van der Waals surface area (Å²) >= 11 is 0. The van der Waals surface area contributed by atoms with Crippen LogP contribution in [-0.4, -0.2) is 0 Å². The summed E-state index contributed by atoms with van der Waals surface area (Å²) in [4.78, 5) is 0. The normalized spacial score (nSPS) is 26.5. The third-order valence-corrected chi connectivity index (χ3v) is 1.96. The molecule has 0 radical (unpaired) electrons. The van der Waals surface area contributed by atoms with E-state index in [1.165, 1.54) is 30.4 Å². The molecule has 0 bridgehead atoms. The lowest BCUT2D eigenvalue weighted by Crippen LogP contribution is -1.85. The molecule has 0 aliphatic heterocycles. The number of rotatable bonds is 1. The van der Waals surface area contributed by atoms with Gasteiger partial charge in [0.15, 0.2) is 0 Å². The van der Waals surface area contributed by atoms with Crippen LogP contribution in [0.5, 0.6) is 0 Å². The third kappa shape index (κ3) is 1.41. The zero-order valence-electron chi connectivity index (χ0n) is 6.56. The van der Waals surface area contributed by atoms with Gasteiger partial charge in [-0.05, 0) is 43.0 Å². The predicted octanol–water partition coefficient (Wildman–Crippen LogP) is 2.35. The second-order valence-electron chi connectivity index (χ2n) is 2.68. The Bertz CT molecular complexity index is 166. The zero-order chi connectivity index (χ0) is 7.40. The van der Waals surface area contributed by atoms with Gasteiger partial charge >= 0.3 is 0 Å². The van der Waals surface area contributed by atoms with E-state index in [4.69, 9.17) is 5.73 Å². The van der Waals surface area contributed by atoms with Crippen molar-refractivity contribution in [1.82, 2.24) is 0 Å². The van der Waals surface area contributed by atoms with E-state index in [2.05, 4.69) is 13.0 Å². The summed E-state index contributed by atoms with van der Waals surface area (Å²) in [6, 6.07) is 0. The first-order chi connectivity index (χ1) is 4.88. The van der Waals surface area contributed by atoms with Gasteiger partial charge in [-0.25, -0.2) is 0 Å². The molecule has 0 aromatic rings. The fraction of sp³-hybridized carbons (Fsp3) is 0.556. The van der Waals surface area contributed by atoms with Crippen molar-refractivity contribution in [2.45, 2.75) is 32.6 Å². The van der Waals surface area contributed by atoms with E-state index in [0.717, 1.165) is 6.42 Å². The molecular weight excluding hydrogens is 122 g/mol. The minimum atomic E-state index is 1.13. The van der Waals surface area contributed by atoms with Gasteiger partial charge < -0.3 is 5.73 Å². The van der Waals surface area contributed by atoms with Gasteiger partial charge in [-0.2, -0.15) is 0 Å². The molecule has 1 saturated carbocycles. The first-order valence-electron chi connectivity index (χ1n) is 3.98. The highest BCUT2D eigenvalue weighted by Crippen LogP contribution is 2.29. The molecule has 1 nitrogen and oxygen atoms in total. The molecule has 56 valence electrons. The van der Waals surface area contributed by atoms with Crippen molar-refractivity contribution in [3.8, 4) is 0 Å². The van der Waals surface area contributed by atoms with Crippen LogP contribution in [0.25, 0.3) is 0 Å². The van der Waals surface area contributed by atoms with E-state index in [1.54, 1.807) is 6.20 Å². The van der Waals surface area contributed by atoms with Gasteiger partial charge in [0.25, 0.3) is 0 Å². The van der Waals surface area contributed by atoms with E-state index < -0.39 is 0 Å². The molecule has 1 fully saturated rings. The van der Waals surface area contributed by atoms with Gasteiger partial charge in [0.2, 0.25) is 0 Å². The molecule has 0 aromatic heterocycles. The minimum Gasteiger partial charge on any atom is -0.404 e. The van der Waals surface area contributed by atoms with E-state index in [9.17, 15) is 0 Å². The van der Waals surface area contributed by atoms with Crippen molar-refractivity contribution in [2.75, 3.05) is 0 Å². The molecule has 0 spiro atoms. The summed E-state index contributed by atoms with van der Waals surface area (Å²) in [5, 5.41) is 0. The molecule has 1 aliphatic carbocycles. The topological polar surface area (TPSA) is 26.0 Å². The van der Waals surface area contributed by atoms with Gasteiger partial charge in [0.05, 0.1) is 0 Å². The fourth-order valence-electron chi connectivity index (χ4n) is 1.46. The number of nitrogens with two attached hydrogens (primary N) is 1. The quantitative estimate of drug-likeness (QED) is 0.590. The molecular formula is C9H15N. The number of allylic oxidation sites excluding steroid dienone is 3. The van der Waals surface area contributed by atoms with Crippen LogP contribution in [0.1, 0.15) is 32.6 Å². The Morgan fingerprint density at radius 1 is 1.40 bits per heavy atom. The van der Waals surface area contributed by atoms with Gasteiger partial charge in [0.1, 0.15) is 0 Å². The van der Waals surface area contributed by atoms with Crippen LogP contribution in [0.4, 0.5) is 0 Å². The molecule has 10 heavy (non-hydrogen) atoms. The Kier molecular flexibility index (Phi) is 2.55. The van der Waals surface area contributed by atoms with Gasteiger partial charge in [-0.1, -0.05) is 13.0 Å². The second-order valence-corrected chi connectivity index (χ2v) is 2.68. The maximum Gasteiger partial charge on any atom is -0.00270 e. The fourth-order valence-corrected chi connectivity index (χ4v) is 1.46. The highest BCUT2D eigenvalue weighted by atomic mass is 14.5. The maximum absolute atomic E-state index is 5.45. The summed E-state index contributed by atoms with van der Waals surface area (Å²) in [6.45, 7) is 2.17. The van der Waals surface area contributed by atoms with E-state index in [-0.39, 0.29) is 0 Å². The Morgan fingerprint density at radius 2 is 2.10 bits per heavy atom. The smallest absolute Gasteiger partial charge is 0.00270 e. The minimum absolute atomic E-state index is 1.13. The molecule has 0 saturated heterocycles. The summed E-state index contributed by atoms with van der Waals surface area (Å²) in [5.74, 6) is 0. The average Bonchev–Trinajstić information content (AvgIpc) is 2.36. The predicted molar refractivity (Wildman–Crippen MR) is 44.5 cm³/mol. The van der Waals surface area contributed by atoms with Crippen molar-refractivity contribution in [3.63, 3.8) is 0 Å². The van der Waals surface area contributed by atoms with Crippen LogP contribution in [-0.2, 0) is 0 Å². The maximum atomic E-state index is 5.45. The summed E-state index contributed by atoms with van der Waals surface area (Å²) in [7, 11) is 0. The second kappa shape index (κ2) is 3.45. The van der Waals surface area contributed by atoms with E-state index in [0.29, 0.717) is 0 Å². The SMILES string of the molecule is CC/C=C1/CCC/C1=C/N. The van der Waals surface area contributed by atoms with Crippen LogP contribution in [0.3, 0.4) is 0 Å². The lowest BCUT2D eigenvalue weighted by molar-refractivity contribution is 0.929. The van der Waals surface area contributed by atoms with Crippen LogP contribution < -0.4 is 5.73 Å². The molecule has 1 rings (SSSR count). The van der Waals surface area contributed by atoms with E-state index >= 15 is 0 Å². The molecule has 1 heteroatoms. The molecule has 0 heterocycles. The number of hydrogen-bond acceptors (Lipinski definition) is 1. The van der Waals surface area contributed by atoms with Crippen LogP contribution >= 0.6 is 0 Å². The van der Waals surface area contributed by atoms with Gasteiger partial charge in [-0.15, -0.1) is 0 Å². The largest absolute Gasteiger partial charge is 0.404 e. The summed E-state index contributed by atoms with van der Waals surface area (Å²) in [6.07, 6.45) is 8.88. The first kappa shape index (κ1) is 7.39. The monoisotopic (exact) mass is 137 g/mol. The summed E-state index contributed by atoms with van der Waals surface area (Å²) < 4.78 is 0. The molecule has 0 atom stereocenters. The van der Waals surface area contributed by atoms with Crippen LogP contribution in [0.15, 0.2) is 23.4 Å². The molecule has 0 unspecified atom stereocenters. The molecule has 0 amide bonds. The van der Waals surface area contributed by atoms with Crippen molar-refractivity contribution in [2.24, 2.45) is 5.73 Å². The Balaban J connectivity index is 2.68. The molecule has 1 aliphatic rings. The first-order valence-corrected chi connectivity index (χ1v) is 3.98. The third-order valence-electron chi connectivity index (χ3n) is 1.96. The van der Waals surface area contributed by atoms with Crippen molar-refractivity contribution >= 4 is 0 Å². The van der Waals surface area contributed by atoms with Crippen LogP contribution in [0.2, 0.25) is 0 Å². The highest BCUT2D eigenvalue weighted by molar-refractivity contribution is 5.33. The van der Waals surface area contributed by atoms with Gasteiger partial charge in [-0.3, -0.25) is 0 Å². The van der Waals surface area contributed by atoms with Crippen molar-refractivity contribution in [3.05, 3.63) is 23.4 Å². The number of hydrogen-bond donors (Lipinski definition) is 1. The van der Waals surface area contributed by atoms with Crippen LogP contribution in [0, 0.1) is 0 Å². The highest BCUT2D eigenvalue weighted by Gasteiger charge is 2.11. The average molecular weight is 137 g/mol. The van der Waals surface area contributed by atoms with E-state index in [1.807, 2.05) is 0 Å². The Morgan fingerprint density at radius 3 is 2.70 bits per heavy atom. The van der Waals surface area contributed by atoms with Gasteiger partial charge in [0, 0.05) is 0 Å². The standard InChI is InChI=1S/C9H15N/c1-2-4-8-5-3-6-9(8)7-10/h4,7H,2-3,5-6,10H2,1H3/b8-4-,9-7-.